The van der Waals surface area contributed by atoms with Gasteiger partial charge >= 0.3 is 0 Å². The number of quaternary nitrogens is 1. The standard InChI is InChI=1S/C15H20NO2/c17-11-13-6-8-16(9-7-14(18)15(13)16)10-12-4-2-1-3-5-12/h1-6,14-15,17-18H,7-11H2/q+1/t14-,15-,16?/m0/s1. The van der Waals surface area contributed by atoms with E-state index in [9.17, 15) is 10.2 Å². The van der Waals surface area contributed by atoms with Gasteiger partial charge in [0.15, 0.2) is 0 Å². The predicted octanol–water partition coefficient (Wildman–Crippen LogP) is 1.07. The van der Waals surface area contributed by atoms with Gasteiger partial charge in [-0.3, -0.25) is 0 Å². The lowest BCUT2D eigenvalue weighted by molar-refractivity contribution is -0.938. The second kappa shape index (κ2) is 4.50. The monoisotopic (exact) mass is 246 g/mol. The van der Waals surface area contributed by atoms with Crippen molar-refractivity contribution < 1.29 is 14.7 Å². The Balaban J connectivity index is 1.87. The molecule has 0 spiro atoms. The lowest BCUT2D eigenvalue weighted by Crippen LogP contribution is -2.51. The third-order valence-corrected chi connectivity index (χ3v) is 4.44. The molecular weight excluding hydrogens is 226 g/mol. The largest absolute Gasteiger partial charge is 0.392 e. The molecule has 0 amide bonds. The molecule has 1 unspecified atom stereocenters. The molecule has 3 nitrogen and oxygen atoms in total. The smallest absolute Gasteiger partial charge is 0.140 e. The molecule has 0 aromatic heterocycles. The molecule has 0 aliphatic carbocycles. The number of benzene rings is 1. The molecule has 18 heavy (non-hydrogen) atoms. The molecule has 2 heterocycles. The lowest BCUT2D eigenvalue weighted by Gasteiger charge is -2.36. The SMILES string of the molecule is OCC1=CC[N+]2(Cc3ccccc3)CC[C@H](O)[C@H]12. The van der Waals surface area contributed by atoms with Gasteiger partial charge in [0.2, 0.25) is 0 Å². The summed E-state index contributed by atoms with van der Waals surface area (Å²) in [5, 5.41) is 19.6. The van der Waals surface area contributed by atoms with Crippen molar-refractivity contribution in [2.45, 2.75) is 25.1 Å². The van der Waals surface area contributed by atoms with Crippen LogP contribution >= 0.6 is 0 Å². The van der Waals surface area contributed by atoms with Gasteiger partial charge in [-0.25, -0.2) is 0 Å². The van der Waals surface area contributed by atoms with Crippen LogP contribution in [0.2, 0.25) is 0 Å². The fourth-order valence-corrected chi connectivity index (χ4v) is 3.62. The predicted molar refractivity (Wildman–Crippen MR) is 69.7 cm³/mol. The van der Waals surface area contributed by atoms with E-state index in [0.717, 1.165) is 36.1 Å². The maximum Gasteiger partial charge on any atom is 0.140 e. The maximum atomic E-state index is 10.2. The lowest BCUT2D eigenvalue weighted by atomic mass is 10.0. The molecule has 3 atom stereocenters. The summed E-state index contributed by atoms with van der Waals surface area (Å²) >= 11 is 0. The van der Waals surface area contributed by atoms with Gasteiger partial charge in [0.25, 0.3) is 0 Å². The average Bonchev–Trinajstić information content (AvgIpc) is 2.90. The van der Waals surface area contributed by atoms with Crippen LogP contribution in [0.3, 0.4) is 0 Å². The van der Waals surface area contributed by atoms with Crippen LogP contribution in [0.1, 0.15) is 12.0 Å². The summed E-state index contributed by atoms with van der Waals surface area (Å²) in [6, 6.07) is 10.5. The van der Waals surface area contributed by atoms with Gasteiger partial charge in [-0.05, 0) is 6.08 Å². The van der Waals surface area contributed by atoms with E-state index in [0.29, 0.717) is 0 Å². The molecule has 0 saturated carbocycles. The van der Waals surface area contributed by atoms with Crippen molar-refractivity contribution in [1.82, 2.24) is 0 Å². The molecule has 1 aromatic rings. The van der Waals surface area contributed by atoms with Gasteiger partial charge in [0, 0.05) is 17.6 Å². The summed E-state index contributed by atoms with van der Waals surface area (Å²) in [5.41, 5.74) is 2.33. The van der Waals surface area contributed by atoms with Crippen LogP contribution in [-0.4, -0.2) is 46.5 Å². The topological polar surface area (TPSA) is 40.5 Å². The Bertz CT molecular complexity index is 457. The fourth-order valence-electron chi connectivity index (χ4n) is 3.62. The molecule has 96 valence electrons. The molecule has 2 aliphatic heterocycles. The Morgan fingerprint density at radius 1 is 1.22 bits per heavy atom. The zero-order chi connectivity index (χ0) is 12.6. The maximum absolute atomic E-state index is 10.2. The highest BCUT2D eigenvalue weighted by molar-refractivity contribution is 5.20. The minimum atomic E-state index is -0.297. The Morgan fingerprint density at radius 2 is 2.00 bits per heavy atom. The van der Waals surface area contributed by atoms with Crippen LogP contribution in [0.15, 0.2) is 42.0 Å². The Labute approximate surface area is 108 Å². The van der Waals surface area contributed by atoms with Crippen molar-refractivity contribution in [3.05, 3.63) is 47.5 Å². The van der Waals surface area contributed by atoms with Crippen molar-refractivity contribution in [2.24, 2.45) is 0 Å². The normalized spacial score (nSPS) is 34.4. The van der Waals surface area contributed by atoms with Crippen LogP contribution in [0, 0.1) is 0 Å². The number of aliphatic hydroxyl groups excluding tert-OH is 2. The molecule has 2 aliphatic rings. The minimum absolute atomic E-state index is 0.0799. The van der Waals surface area contributed by atoms with E-state index in [2.05, 4.69) is 30.3 Å². The van der Waals surface area contributed by atoms with Gasteiger partial charge < -0.3 is 14.7 Å². The fraction of sp³-hybridized carbons (Fsp3) is 0.467. The van der Waals surface area contributed by atoms with Crippen LogP contribution in [0.25, 0.3) is 0 Å². The van der Waals surface area contributed by atoms with Crippen molar-refractivity contribution >= 4 is 0 Å². The number of rotatable bonds is 3. The van der Waals surface area contributed by atoms with Crippen LogP contribution in [0.4, 0.5) is 0 Å². The highest BCUT2D eigenvalue weighted by Crippen LogP contribution is 2.38. The first-order valence-electron chi connectivity index (χ1n) is 6.63. The third-order valence-electron chi connectivity index (χ3n) is 4.44. The van der Waals surface area contributed by atoms with Gasteiger partial charge in [0.1, 0.15) is 18.7 Å². The first-order chi connectivity index (χ1) is 8.75. The van der Waals surface area contributed by atoms with E-state index in [1.165, 1.54) is 5.56 Å². The van der Waals surface area contributed by atoms with E-state index < -0.39 is 0 Å². The summed E-state index contributed by atoms with van der Waals surface area (Å²) in [6.07, 6.45) is 2.67. The zero-order valence-electron chi connectivity index (χ0n) is 10.5. The van der Waals surface area contributed by atoms with E-state index in [-0.39, 0.29) is 18.8 Å². The second-order valence-corrected chi connectivity index (χ2v) is 5.51. The Morgan fingerprint density at radius 3 is 2.72 bits per heavy atom. The Kier molecular flexibility index (Phi) is 2.98. The van der Waals surface area contributed by atoms with Gasteiger partial charge in [0.05, 0.1) is 19.7 Å². The quantitative estimate of drug-likeness (QED) is 0.618. The van der Waals surface area contributed by atoms with Crippen molar-refractivity contribution in [3.8, 4) is 0 Å². The Hall–Kier alpha value is -1.16. The van der Waals surface area contributed by atoms with Crippen LogP contribution in [-0.2, 0) is 6.54 Å². The van der Waals surface area contributed by atoms with E-state index >= 15 is 0 Å². The summed E-state index contributed by atoms with van der Waals surface area (Å²) in [6.45, 7) is 2.96. The molecular formula is C15H20NO2+. The number of fused-ring (bicyclic) bond motifs is 1. The molecule has 3 heteroatoms. The van der Waals surface area contributed by atoms with Crippen molar-refractivity contribution in [2.75, 3.05) is 19.7 Å². The molecule has 0 radical (unpaired) electrons. The molecule has 1 aromatic carbocycles. The molecule has 3 rings (SSSR count). The zero-order valence-corrected chi connectivity index (χ0v) is 10.5. The first-order valence-corrected chi connectivity index (χ1v) is 6.63. The average molecular weight is 246 g/mol. The molecule has 1 saturated heterocycles. The minimum Gasteiger partial charge on any atom is -0.392 e. The third kappa shape index (κ3) is 1.79. The highest BCUT2D eigenvalue weighted by atomic mass is 16.3. The van der Waals surface area contributed by atoms with E-state index in [1.807, 2.05) is 6.07 Å². The number of nitrogens with zero attached hydrogens (tertiary/aromatic N) is 1. The van der Waals surface area contributed by atoms with Gasteiger partial charge in [-0.15, -0.1) is 0 Å². The van der Waals surface area contributed by atoms with Crippen LogP contribution in [0.5, 0.6) is 0 Å². The van der Waals surface area contributed by atoms with E-state index in [4.69, 9.17) is 0 Å². The summed E-state index contributed by atoms with van der Waals surface area (Å²) < 4.78 is 0.890. The number of hydrogen-bond donors (Lipinski definition) is 2. The van der Waals surface area contributed by atoms with E-state index in [1.54, 1.807) is 0 Å². The number of hydrogen-bond acceptors (Lipinski definition) is 2. The van der Waals surface area contributed by atoms with Crippen LogP contribution < -0.4 is 0 Å². The van der Waals surface area contributed by atoms with Gasteiger partial charge in [-0.2, -0.15) is 0 Å². The molecule has 1 fully saturated rings. The molecule has 2 N–H and O–H groups in total. The van der Waals surface area contributed by atoms with Gasteiger partial charge in [-0.1, -0.05) is 30.3 Å². The highest BCUT2D eigenvalue weighted by Gasteiger charge is 2.51. The second-order valence-electron chi connectivity index (χ2n) is 5.51. The summed E-state index contributed by atoms with van der Waals surface area (Å²) in [7, 11) is 0. The molecule has 0 bridgehead atoms. The summed E-state index contributed by atoms with van der Waals surface area (Å²) in [4.78, 5) is 0. The number of aliphatic hydroxyl groups is 2. The van der Waals surface area contributed by atoms with Crippen molar-refractivity contribution in [3.63, 3.8) is 0 Å². The first kappa shape index (κ1) is 11.9. The van der Waals surface area contributed by atoms with Crippen molar-refractivity contribution in [1.29, 1.82) is 0 Å². The summed E-state index contributed by atoms with van der Waals surface area (Å²) in [5.74, 6) is 0.